The van der Waals surface area contributed by atoms with Gasteiger partial charge in [-0.1, -0.05) is 12.1 Å². The zero-order chi connectivity index (χ0) is 23.7. The lowest BCUT2D eigenvalue weighted by Gasteiger charge is -2.13. The molecule has 3 aromatic heterocycles. The van der Waals surface area contributed by atoms with Gasteiger partial charge in [-0.2, -0.15) is 0 Å². The molecule has 5 aromatic rings. The number of amides is 2. The number of benzene rings is 2. The first-order valence-corrected chi connectivity index (χ1v) is 10.7. The van der Waals surface area contributed by atoms with Gasteiger partial charge in [0, 0.05) is 41.5 Å². The van der Waals surface area contributed by atoms with Crippen LogP contribution in [0.3, 0.4) is 0 Å². The van der Waals surface area contributed by atoms with Crippen LogP contribution >= 0.6 is 24.8 Å². The Hall–Kier alpha value is -4.01. The van der Waals surface area contributed by atoms with Crippen molar-refractivity contribution in [2.75, 3.05) is 10.6 Å². The Morgan fingerprint density at radius 3 is 2.58 bits per heavy atom. The molecule has 0 aliphatic carbocycles. The normalized spacial score (nSPS) is 10.4. The van der Waals surface area contributed by atoms with E-state index in [2.05, 4.69) is 20.6 Å². The summed E-state index contributed by atoms with van der Waals surface area (Å²) in [6, 6.07) is 16.1. The second-order valence-corrected chi connectivity index (χ2v) is 7.69. The van der Waals surface area contributed by atoms with E-state index in [1.165, 1.54) is 18.2 Å². The molecule has 0 bridgehead atoms. The minimum absolute atomic E-state index is 0. The Morgan fingerprint density at radius 1 is 0.972 bits per heavy atom. The Morgan fingerprint density at radius 2 is 1.78 bits per heavy atom. The third kappa shape index (κ3) is 5.00. The molecule has 2 aromatic carbocycles. The van der Waals surface area contributed by atoms with Crippen molar-refractivity contribution in [1.29, 1.82) is 0 Å². The van der Waals surface area contributed by atoms with E-state index in [9.17, 15) is 14.0 Å². The van der Waals surface area contributed by atoms with Gasteiger partial charge in [0.1, 0.15) is 5.82 Å². The molecule has 10 heteroatoms. The second-order valence-electron chi connectivity index (χ2n) is 7.69. The standard InChI is InChI=1S/C26H20FN5O2.2ClH/c1-2-32-24-10-12-28-15-17(24)13-19(25(32)33)16-8-9-20(27)23(14-16)31-26(34)30-22-7-3-6-21-18(22)5-4-11-29-21;;/h3-15H,2H2,1H3,(H2,30,31,34);2*1H. The maximum absolute atomic E-state index is 14.6. The fourth-order valence-electron chi connectivity index (χ4n) is 4.03. The Labute approximate surface area is 218 Å². The van der Waals surface area contributed by atoms with E-state index in [0.29, 0.717) is 23.4 Å². The van der Waals surface area contributed by atoms with Gasteiger partial charge in [-0.05, 0) is 61.0 Å². The van der Waals surface area contributed by atoms with Gasteiger partial charge in [0.05, 0.1) is 22.4 Å². The zero-order valence-electron chi connectivity index (χ0n) is 19.1. The maximum atomic E-state index is 14.6. The average molecular weight is 526 g/mol. The van der Waals surface area contributed by atoms with Crippen LogP contribution in [0.4, 0.5) is 20.6 Å². The van der Waals surface area contributed by atoms with Crippen LogP contribution in [0.15, 0.2) is 84.0 Å². The summed E-state index contributed by atoms with van der Waals surface area (Å²) in [6.45, 7) is 2.36. The summed E-state index contributed by atoms with van der Waals surface area (Å²) in [5, 5.41) is 6.85. The van der Waals surface area contributed by atoms with E-state index in [4.69, 9.17) is 0 Å². The van der Waals surface area contributed by atoms with Crippen molar-refractivity contribution in [2.24, 2.45) is 0 Å². The molecule has 2 N–H and O–H groups in total. The van der Waals surface area contributed by atoms with Crippen LogP contribution in [-0.4, -0.2) is 20.6 Å². The van der Waals surface area contributed by atoms with Crippen molar-refractivity contribution in [2.45, 2.75) is 13.5 Å². The van der Waals surface area contributed by atoms with Gasteiger partial charge in [0.2, 0.25) is 0 Å². The molecule has 0 aliphatic heterocycles. The number of fused-ring (bicyclic) bond motifs is 2. The zero-order valence-corrected chi connectivity index (χ0v) is 20.7. The van der Waals surface area contributed by atoms with Crippen molar-refractivity contribution >= 4 is 64.0 Å². The first kappa shape index (κ1) is 26.6. The summed E-state index contributed by atoms with van der Waals surface area (Å²) >= 11 is 0. The quantitative estimate of drug-likeness (QED) is 0.290. The number of aryl methyl sites for hydroxylation is 1. The van der Waals surface area contributed by atoms with Crippen molar-refractivity contribution in [3.8, 4) is 11.1 Å². The molecule has 0 radical (unpaired) electrons. The third-order valence-corrected chi connectivity index (χ3v) is 5.63. The number of aromatic nitrogens is 3. The molecule has 0 saturated heterocycles. The molecule has 7 nitrogen and oxygen atoms in total. The number of nitrogens with one attached hydrogen (secondary N) is 2. The first-order valence-electron chi connectivity index (χ1n) is 10.7. The highest BCUT2D eigenvalue weighted by atomic mass is 35.5. The summed E-state index contributed by atoms with van der Waals surface area (Å²) in [5.74, 6) is -0.614. The van der Waals surface area contributed by atoms with Crippen LogP contribution in [0.1, 0.15) is 6.92 Å². The predicted molar refractivity (Wildman–Crippen MR) is 146 cm³/mol. The lowest BCUT2D eigenvalue weighted by Crippen LogP contribution is -2.22. The Balaban J connectivity index is 0.00000180. The molecular weight excluding hydrogens is 504 g/mol. The number of anilines is 2. The summed E-state index contributed by atoms with van der Waals surface area (Å²) < 4.78 is 16.2. The largest absolute Gasteiger partial charge is 0.323 e. The van der Waals surface area contributed by atoms with E-state index in [1.54, 1.807) is 53.5 Å². The predicted octanol–water partition coefficient (Wildman–Crippen LogP) is 6.26. The smallest absolute Gasteiger partial charge is 0.308 e. The van der Waals surface area contributed by atoms with Crippen molar-refractivity contribution in [1.82, 2.24) is 14.5 Å². The van der Waals surface area contributed by atoms with Crippen LogP contribution in [0.5, 0.6) is 0 Å². The van der Waals surface area contributed by atoms with Crippen molar-refractivity contribution in [3.63, 3.8) is 0 Å². The summed E-state index contributed by atoms with van der Waals surface area (Å²) in [4.78, 5) is 34.2. The number of pyridine rings is 3. The molecule has 0 unspecified atom stereocenters. The molecule has 0 atom stereocenters. The lowest BCUT2D eigenvalue weighted by molar-refractivity contribution is 0.262. The molecule has 0 spiro atoms. The fraction of sp³-hybridized carbons (Fsp3) is 0.0769. The molecule has 0 aliphatic rings. The van der Waals surface area contributed by atoms with Gasteiger partial charge < -0.3 is 15.2 Å². The number of hydrogen-bond donors (Lipinski definition) is 2. The highest BCUT2D eigenvalue weighted by Gasteiger charge is 2.14. The summed E-state index contributed by atoms with van der Waals surface area (Å²) in [5.41, 5.74) is 2.69. The van der Waals surface area contributed by atoms with Crippen LogP contribution in [0.25, 0.3) is 32.9 Å². The van der Waals surface area contributed by atoms with Crippen LogP contribution in [0, 0.1) is 5.82 Å². The molecule has 5 rings (SSSR count). The van der Waals surface area contributed by atoms with Gasteiger partial charge in [0.25, 0.3) is 5.56 Å². The fourth-order valence-corrected chi connectivity index (χ4v) is 4.03. The van der Waals surface area contributed by atoms with Crippen molar-refractivity contribution in [3.05, 3.63) is 95.4 Å². The van der Waals surface area contributed by atoms with E-state index in [1.807, 2.05) is 19.1 Å². The minimum Gasteiger partial charge on any atom is -0.308 e. The van der Waals surface area contributed by atoms with Crippen molar-refractivity contribution < 1.29 is 9.18 Å². The maximum Gasteiger partial charge on any atom is 0.323 e. The lowest BCUT2D eigenvalue weighted by atomic mass is 10.0. The van der Waals surface area contributed by atoms with Gasteiger partial charge in [0.15, 0.2) is 0 Å². The molecule has 184 valence electrons. The van der Waals surface area contributed by atoms with E-state index < -0.39 is 11.8 Å². The van der Waals surface area contributed by atoms with E-state index in [0.717, 1.165) is 21.8 Å². The molecule has 0 saturated carbocycles. The Kier molecular flexibility index (Phi) is 8.24. The van der Waals surface area contributed by atoms with Gasteiger partial charge >= 0.3 is 6.03 Å². The molecule has 2 amide bonds. The van der Waals surface area contributed by atoms with Gasteiger partial charge in [-0.25, -0.2) is 9.18 Å². The summed E-state index contributed by atoms with van der Waals surface area (Å²) in [6.07, 6.45) is 4.99. The number of nitrogens with zero attached hydrogens (tertiary/aromatic N) is 3. The monoisotopic (exact) mass is 525 g/mol. The molecule has 0 fully saturated rings. The highest BCUT2D eigenvalue weighted by molar-refractivity contribution is 6.05. The topological polar surface area (TPSA) is 88.9 Å². The summed E-state index contributed by atoms with van der Waals surface area (Å²) in [7, 11) is 0. The number of hydrogen-bond acceptors (Lipinski definition) is 4. The number of carbonyl (C=O) groups is 1. The van der Waals surface area contributed by atoms with E-state index in [-0.39, 0.29) is 36.1 Å². The first-order chi connectivity index (χ1) is 16.5. The minimum atomic E-state index is -0.614. The molecular formula is C26H22Cl2FN5O2. The third-order valence-electron chi connectivity index (χ3n) is 5.63. The van der Waals surface area contributed by atoms with Gasteiger partial charge in [-0.15, -0.1) is 24.8 Å². The molecule has 3 heterocycles. The number of halogens is 3. The Bertz CT molecular complexity index is 1620. The van der Waals surface area contributed by atoms with Gasteiger partial charge in [-0.3, -0.25) is 14.8 Å². The highest BCUT2D eigenvalue weighted by Crippen LogP contribution is 2.26. The van der Waals surface area contributed by atoms with Crippen LogP contribution in [0.2, 0.25) is 0 Å². The van der Waals surface area contributed by atoms with Crippen LogP contribution in [-0.2, 0) is 6.54 Å². The molecule has 36 heavy (non-hydrogen) atoms. The van der Waals surface area contributed by atoms with Crippen LogP contribution < -0.4 is 16.2 Å². The average Bonchev–Trinajstić information content (AvgIpc) is 2.85. The number of rotatable bonds is 4. The van der Waals surface area contributed by atoms with E-state index >= 15 is 0 Å². The number of urea groups is 1. The second kappa shape index (κ2) is 11.2. The number of carbonyl (C=O) groups excluding carboxylic acids is 1. The SMILES string of the molecule is CCn1c(=O)c(-c2ccc(F)c(NC(=O)Nc3cccc4ncccc34)c2)cc2cnccc21.Cl.Cl.